The molecule has 0 atom stereocenters. The van der Waals surface area contributed by atoms with E-state index in [1.165, 1.54) is 62.4 Å². The molecule has 0 aromatic heterocycles. The van der Waals surface area contributed by atoms with Crippen molar-refractivity contribution in [2.24, 2.45) is 0 Å². The second-order valence-electron chi connectivity index (χ2n) is 7.04. The zero-order valence-electron chi connectivity index (χ0n) is 17.4. The van der Waals surface area contributed by atoms with Crippen molar-refractivity contribution in [3.8, 4) is 17.2 Å². The van der Waals surface area contributed by atoms with Crippen molar-refractivity contribution in [3.05, 3.63) is 48.0 Å². The van der Waals surface area contributed by atoms with Gasteiger partial charge in [0, 0.05) is 6.07 Å². The van der Waals surface area contributed by atoms with Crippen LogP contribution in [-0.2, 0) is 16.5 Å². The van der Waals surface area contributed by atoms with E-state index in [4.69, 9.17) is 4.74 Å². The van der Waals surface area contributed by atoms with Crippen LogP contribution in [-0.4, -0.2) is 13.0 Å². The first-order valence-electron chi connectivity index (χ1n) is 9.95. The van der Waals surface area contributed by atoms with E-state index < -0.39 is 10.1 Å². The van der Waals surface area contributed by atoms with E-state index in [-0.39, 0.29) is 40.2 Å². The predicted molar refractivity (Wildman–Crippen MR) is 109 cm³/mol. The van der Waals surface area contributed by atoms with Gasteiger partial charge in [0.2, 0.25) is 0 Å². The van der Waals surface area contributed by atoms with E-state index in [2.05, 4.69) is 6.92 Å². The van der Waals surface area contributed by atoms with Gasteiger partial charge in [-0.3, -0.25) is 4.55 Å². The normalized spacial score (nSPS) is 11.1. The van der Waals surface area contributed by atoms with E-state index in [1.807, 2.05) is 0 Å². The molecule has 0 saturated carbocycles. The van der Waals surface area contributed by atoms with Gasteiger partial charge in [0.1, 0.15) is 16.4 Å². The fraction of sp³-hybridized carbons (Fsp3) is 0.455. The van der Waals surface area contributed by atoms with Crippen molar-refractivity contribution in [3.63, 3.8) is 0 Å². The summed E-state index contributed by atoms with van der Waals surface area (Å²) in [7, 11) is -4.34. The number of hydrogen-bond acceptors (Lipinski definition) is 4. The third-order valence-electron chi connectivity index (χ3n) is 4.68. The Morgan fingerprint density at radius 2 is 1.41 bits per heavy atom. The number of rotatable bonds is 12. The first-order valence-corrected chi connectivity index (χ1v) is 11.4. The molecule has 2 aromatic rings. The van der Waals surface area contributed by atoms with Gasteiger partial charge in [-0.15, -0.1) is 5.75 Å². The van der Waals surface area contributed by atoms with Crippen molar-refractivity contribution in [2.45, 2.75) is 69.6 Å². The molecule has 0 aliphatic rings. The Kier molecular flexibility index (Phi) is 11.9. The van der Waals surface area contributed by atoms with Crippen molar-refractivity contribution >= 4 is 10.1 Å². The number of unbranched alkanes of at least 4 members (excludes halogenated alkanes) is 7. The summed E-state index contributed by atoms with van der Waals surface area (Å²) in [6.07, 6.45) is 9.91. The summed E-state index contributed by atoms with van der Waals surface area (Å²) in [6.45, 7) is 2.20. The molecule has 0 heterocycles. The zero-order chi connectivity index (χ0) is 20.4. The summed E-state index contributed by atoms with van der Waals surface area (Å²) >= 11 is 0. The molecule has 5 nitrogen and oxygen atoms in total. The number of ether oxygens (including phenoxy) is 1. The standard InChI is InChI=1S/C22H30O5S.Na/c1-2-3-4-5-6-7-8-9-10-18-11-14-21(17-22(18)28(24,25)26)27-20-15-12-19(23)13-16-20;/h11-17,23H,2-10H2,1H3,(H,24,25,26);/q;+1/p-1. The third kappa shape index (κ3) is 9.53. The molecule has 0 radical (unpaired) electrons. The molecule has 0 unspecified atom stereocenters. The zero-order valence-corrected chi connectivity index (χ0v) is 20.2. The number of aryl methyl sites for hydroxylation is 1. The second-order valence-corrected chi connectivity index (χ2v) is 8.43. The third-order valence-corrected chi connectivity index (χ3v) is 5.61. The van der Waals surface area contributed by atoms with Gasteiger partial charge in [-0.05, 0) is 36.6 Å². The molecule has 0 fully saturated rings. The van der Waals surface area contributed by atoms with Crippen molar-refractivity contribution in [1.29, 1.82) is 0 Å². The van der Waals surface area contributed by atoms with Crippen LogP contribution in [0.5, 0.6) is 17.2 Å². The maximum atomic E-state index is 11.8. The molecule has 0 amide bonds. The first kappa shape index (κ1) is 26.0. The molecule has 1 N–H and O–H groups in total. The monoisotopic (exact) mass is 428 g/mol. The Balaban J connectivity index is 0.00000420. The van der Waals surface area contributed by atoms with Crippen LogP contribution in [0.3, 0.4) is 0 Å². The molecule has 2 rings (SSSR count). The average Bonchev–Trinajstić information content (AvgIpc) is 2.66. The minimum absolute atomic E-state index is 0. The molecular formula is C22H29NaO5S. The Morgan fingerprint density at radius 3 is 2.00 bits per heavy atom. The van der Waals surface area contributed by atoms with Crippen LogP contribution >= 0.6 is 0 Å². The summed E-state index contributed by atoms with van der Waals surface area (Å²) < 4.78 is 38.8. The molecule has 7 heteroatoms. The van der Waals surface area contributed by atoms with Crippen LogP contribution in [0, 0.1) is 0 Å². The summed E-state index contributed by atoms with van der Waals surface area (Å²) in [4.78, 5) is -0.117. The molecule has 154 valence electrons. The molecule has 0 bridgehead atoms. The van der Waals surface area contributed by atoms with E-state index in [1.54, 1.807) is 12.1 Å². The fourth-order valence-electron chi connectivity index (χ4n) is 3.14. The van der Waals surface area contributed by atoms with Crippen LogP contribution in [0.1, 0.15) is 63.9 Å². The van der Waals surface area contributed by atoms with Gasteiger partial charge in [-0.25, -0.2) is 0 Å². The van der Waals surface area contributed by atoms with Crippen molar-refractivity contribution in [2.75, 3.05) is 0 Å². The van der Waals surface area contributed by atoms with E-state index >= 15 is 0 Å². The Labute approximate surface area is 196 Å². The van der Waals surface area contributed by atoms with Gasteiger partial charge < -0.3 is 9.84 Å². The smallest absolute Gasteiger partial charge is 0.872 e. The van der Waals surface area contributed by atoms with Gasteiger partial charge in [0.05, 0.1) is 0 Å². The van der Waals surface area contributed by atoms with Crippen LogP contribution < -0.4 is 39.4 Å². The second kappa shape index (κ2) is 13.3. The maximum Gasteiger partial charge on any atom is 1.00 e. The van der Waals surface area contributed by atoms with Crippen LogP contribution in [0.4, 0.5) is 0 Å². The number of benzene rings is 2. The fourth-order valence-corrected chi connectivity index (χ4v) is 3.90. The van der Waals surface area contributed by atoms with Crippen LogP contribution in [0.2, 0.25) is 0 Å². The summed E-state index contributed by atoms with van der Waals surface area (Å²) in [6, 6.07) is 10.5. The molecule has 0 aliphatic carbocycles. The topological polar surface area (TPSA) is 86.7 Å². The Hall–Kier alpha value is -1.05. The van der Waals surface area contributed by atoms with Crippen molar-refractivity contribution in [1.82, 2.24) is 0 Å². The molecule has 0 spiro atoms. The van der Waals surface area contributed by atoms with Gasteiger partial charge in [0.15, 0.2) is 0 Å². The molecule has 2 aromatic carbocycles. The first-order chi connectivity index (χ1) is 13.4. The largest absolute Gasteiger partial charge is 1.00 e. The van der Waals surface area contributed by atoms with E-state index in [9.17, 15) is 18.1 Å². The summed E-state index contributed by atoms with van der Waals surface area (Å²) in [5, 5.41) is 11.1. The Morgan fingerprint density at radius 1 is 0.862 bits per heavy atom. The average molecular weight is 429 g/mol. The minimum atomic E-state index is -4.34. The SMILES string of the molecule is CCCCCCCCCCc1ccc(Oc2ccc([O-])cc2)cc1S(=O)(=O)O.[Na+]. The molecule has 0 saturated heterocycles. The summed E-state index contributed by atoms with van der Waals surface area (Å²) in [5.41, 5.74) is 0.593. The van der Waals surface area contributed by atoms with Gasteiger partial charge in [-0.1, -0.05) is 70.1 Å². The van der Waals surface area contributed by atoms with E-state index in [0.29, 0.717) is 23.5 Å². The van der Waals surface area contributed by atoms with Gasteiger partial charge >= 0.3 is 29.6 Å². The Bertz CT molecular complexity index is 835. The minimum Gasteiger partial charge on any atom is -0.872 e. The summed E-state index contributed by atoms with van der Waals surface area (Å²) in [5.74, 6) is 0.592. The maximum absolute atomic E-state index is 11.8. The number of hydrogen-bond donors (Lipinski definition) is 1. The van der Waals surface area contributed by atoms with Gasteiger partial charge in [0.25, 0.3) is 10.1 Å². The van der Waals surface area contributed by atoms with Crippen LogP contribution in [0.25, 0.3) is 0 Å². The van der Waals surface area contributed by atoms with Crippen LogP contribution in [0.15, 0.2) is 47.4 Å². The molecule has 0 aliphatic heterocycles. The molecular weight excluding hydrogens is 399 g/mol. The molecule has 29 heavy (non-hydrogen) atoms. The van der Waals surface area contributed by atoms with Gasteiger partial charge in [-0.2, -0.15) is 8.42 Å². The van der Waals surface area contributed by atoms with E-state index in [0.717, 1.165) is 19.3 Å². The quantitative estimate of drug-likeness (QED) is 0.319. The van der Waals surface area contributed by atoms with Crippen molar-refractivity contribution < 1.29 is 52.4 Å². The predicted octanol–water partition coefficient (Wildman–Crippen LogP) is 2.49.